The first-order valence-corrected chi connectivity index (χ1v) is 7.84. The van der Waals surface area contributed by atoms with Crippen LogP contribution in [0.3, 0.4) is 0 Å². The molecule has 4 nitrogen and oxygen atoms in total. The quantitative estimate of drug-likeness (QED) is 0.841. The van der Waals surface area contributed by atoms with Gasteiger partial charge in [0.25, 0.3) is 0 Å². The van der Waals surface area contributed by atoms with Crippen LogP contribution in [0.4, 0.5) is 0 Å². The molecule has 2 rings (SSSR count). The van der Waals surface area contributed by atoms with E-state index in [0.29, 0.717) is 11.8 Å². The third kappa shape index (κ3) is 2.99. The summed E-state index contributed by atoms with van der Waals surface area (Å²) in [5, 5.41) is 3.02. The minimum atomic E-state index is -0.260. The monoisotopic (exact) mass is 270 g/mol. The second kappa shape index (κ2) is 5.51. The van der Waals surface area contributed by atoms with Crippen LogP contribution in [0.5, 0.6) is 0 Å². The summed E-state index contributed by atoms with van der Waals surface area (Å²) in [6.45, 7) is 6.18. The Bertz CT molecular complexity index is 342. The minimum Gasteiger partial charge on any atom is -0.352 e. The molecular formula is C13H22N2O2S. The van der Waals surface area contributed by atoms with Gasteiger partial charge in [-0.15, -0.1) is 11.8 Å². The zero-order valence-corrected chi connectivity index (χ0v) is 12.1. The van der Waals surface area contributed by atoms with Crippen molar-refractivity contribution in [1.82, 2.24) is 10.2 Å². The molecule has 0 aromatic carbocycles. The average molecular weight is 270 g/mol. The summed E-state index contributed by atoms with van der Waals surface area (Å²) in [4.78, 5) is 26.0. The van der Waals surface area contributed by atoms with E-state index < -0.39 is 0 Å². The van der Waals surface area contributed by atoms with Crippen LogP contribution in [0.15, 0.2) is 0 Å². The van der Waals surface area contributed by atoms with Crippen molar-refractivity contribution in [2.75, 3.05) is 11.6 Å². The van der Waals surface area contributed by atoms with Crippen molar-refractivity contribution in [3.05, 3.63) is 0 Å². The van der Waals surface area contributed by atoms with Crippen molar-refractivity contribution in [1.29, 1.82) is 0 Å². The predicted octanol–water partition coefficient (Wildman–Crippen LogP) is 1.46. The van der Waals surface area contributed by atoms with Gasteiger partial charge in [-0.25, -0.2) is 0 Å². The van der Waals surface area contributed by atoms with E-state index in [0.717, 1.165) is 18.6 Å². The van der Waals surface area contributed by atoms with Gasteiger partial charge in [0.1, 0.15) is 6.04 Å². The van der Waals surface area contributed by atoms with Gasteiger partial charge in [0.15, 0.2) is 0 Å². The summed E-state index contributed by atoms with van der Waals surface area (Å²) < 4.78 is 0. The molecule has 0 radical (unpaired) electrons. The Morgan fingerprint density at radius 2 is 1.94 bits per heavy atom. The molecule has 2 fully saturated rings. The van der Waals surface area contributed by atoms with Gasteiger partial charge in [-0.3, -0.25) is 9.59 Å². The van der Waals surface area contributed by atoms with E-state index in [1.165, 1.54) is 0 Å². The molecule has 0 bridgehead atoms. The SMILES string of the molecule is CC(C)C(C)NC(=O)C1CSCN1C(=O)C1CC1. The van der Waals surface area contributed by atoms with Gasteiger partial charge < -0.3 is 10.2 Å². The molecule has 2 unspecified atom stereocenters. The maximum absolute atomic E-state index is 12.2. The fourth-order valence-electron chi connectivity index (χ4n) is 1.93. The zero-order valence-electron chi connectivity index (χ0n) is 11.3. The third-order valence-electron chi connectivity index (χ3n) is 3.76. The molecule has 1 aliphatic heterocycles. The summed E-state index contributed by atoms with van der Waals surface area (Å²) in [5.74, 6) is 2.20. The predicted molar refractivity (Wildman–Crippen MR) is 73.1 cm³/mol. The van der Waals surface area contributed by atoms with Crippen molar-refractivity contribution in [3.8, 4) is 0 Å². The van der Waals surface area contributed by atoms with Gasteiger partial charge in [-0.1, -0.05) is 13.8 Å². The van der Waals surface area contributed by atoms with Crippen molar-refractivity contribution in [2.45, 2.75) is 45.7 Å². The molecular weight excluding hydrogens is 248 g/mol. The molecule has 1 saturated carbocycles. The smallest absolute Gasteiger partial charge is 0.243 e. The summed E-state index contributed by atoms with van der Waals surface area (Å²) in [6.07, 6.45) is 1.99. The van der Waals surface area contributed by atoms with Crippen LogP contribution in [-0.4, -0.2) is 40.4 Å². The van der Waals surface area contributed by atoms with Crippen LogP contribution in [0.25, 0.3) is 0 Å². The van der Waals surface area contributed by atoms with Crippen LogP contribution in [0, 0.1) is 11.8 Å². The Hall–Kier alpha value is -0.710. The molecule has 1 aliphatic carbocycles. The van der Waals surface area contributed by atoms with E-state index in [4.69, 9.17) is 0 Å². The number of carbonyl (C=O) groups excluding carboxylic acids is 2. The minimum absolute atomic E-state index is 0.00944. The summed E-state index contributed by atoms with van der Waals surface area (Å²) in [7, 11) is 0. The number of hydrogen-bond donors (Lipinski definition) is 1. The molecule has 18 heavy (non-hydrogen) atoms. The molecule has 0 aromatic rings. The van der Waals surface area contributed by atoms with Gasteiger partial charge in [0.05, 0.1) is 5.88 Å². The van der Waals surface area contributed by atoms with Crippen LogP contribution in [-0.2, 0) is 9.59 Å². The number of amides is 2. The second-order valence-corrected chi connectivity index (χ2v) is 6.64. The van der Waals surface area contributed by atoms with Crippen LogP contribution in [0.2, 0.25) is 0 Å². The Labute approximate surface area is 113 Å². The van der Waals surface area contributed by atoms with E-state index in [9.17, 15) is 9.59 Å². The first-order valence-electron chi connectivity index (χ1n) is 6.69. The fourth-order valence-corrected chi connectivity index (χ4v) is 3.09. The highest BCUT2D eigenvalue weighted by atomic mass is 32.2. The third-order valence-corrected chi connectivity index (χ3v) is 4.78. The molecule has 2 atom stereocenters. The molecule has 1 heterocycles. The molecule has 2 amide bonds. The van der Waals surface area contributed by atoms with E-state index in [1.54, 1.807) is 16.7 Å². The lowest BCUT2D eigenvalue weighted by atomic mass is 10.1. The fraction of sp³-hybridized carbons (Fsp3) is 0.846. The molecule has 102 valence electrons. The van der Waals surface area contributed by atoms with E-state index in [2.05, 4.69) is 19.2 Å². The molecule has 1 saturated heterocycles. The summed E-state index contributed by atoms with van der Waals surface area (Å²) >= 11 is 1.67. The van der Waals surface area contributed by atoms with Crippen molar-refractivity contribution in [3.63, 3.8) is 0 Å². The lowest BCUT2D eigenvalue weighted by Crippen LogP contribution is -2.50. The van der Waals surface area contributed by atoms with Crippen molar-refractivity contribution < 1.29 is 9.59 Å². The number of nitrogens with zero attached hydrogens (tertiary/aromatic N) is 1. The summed E-state index contributed by atoms with van der Waals surface area (Å²) in [5.41, 5.74) is 0. The van der Waals surface area contributed by atoms with Crippen LogP contribution in [0.1, 0.15) is 33.6 Å². The van der Waals surface area contributed by atoms with Gasteiger partial charge in [-0.05, 0) is 25.7 Å². The van der Waals surface area contributed by atoms with Gasteiger partial charge in [-0.2, -0.15) is 0 Å². The first-order chi connectivity index (χ1) is 8.50. The standard InChI is InChI=1S/C13H22N2O2S/c1-8(2)9(3)14-12(16)11-6-18-7-15(11)13(17)10-4-5-10/h8-11H,4-7H2,1-3H3,(H,14,16). The Morgan fingerprint density at radius 3 is 2.50 bits per heavy atom. The topological polar surface area (TPSA) is 49.4 Å². The molecule has 5 heteroatoms. The summed E-state index contributed by atoms with van der Waals surface area (Å²) in [6, 6.07) is -0.106. The number of nitrogens with one attached hydrogen (secondary N) is 1. The van der Waals surface area contributed by atoms with Crippen LogP contribution >= 0.6 is 11.8 Å². The molecule has 0 spiro atoms. The molecule has 1 N–H and O–H groups in total. The molecule has 2 aliphatic rings. The first kappa shape index (κ1) is 13.7. The highest BCUT2D eigenvalue weighted by Crippen LogP contribution is 2.34. The van der Waals surface area contributed by atoms with Crippen molar-refractivity contribution in [2.24, 2.45) is 11.8 Å². The Morgan fingerprint density at radius 1 is 1.28 bits per heavy atom. The van der Waals surface area contributed by atoms with Gasteiger partial charge in [0, 0.05) is 17.7 Å². The average Bonchev–Trinajstić information content (AvgIpc) is 3.04. The normalized spacial score (nSPS) is 25.3. The highest BCUT2D eigenvalue weighted by Gasteiger charge is 2.41. The number of carbonyl (C=O) groups is 2. The number of rotatable bonds is 4. The molecule has 0 aromatic heterocycles. The van der Waals surface area contributed by atoms with Gasteiger partial charge >= 0.3 is 0 Å². The van der Waals surface area contributed by atoms with Crippen molar-refractivity contribution >= 4 is 23.6 Å². The number of thioether (sulfide) groups is 1. The Balaban J connectivity index is 1.93. The van der Waals surface area contributed by atoms with E-state index in [1.807, 2.05) is 6.92 Å². The highest BCUT2D eigenvalue weighted by molar-refractivity contribution is 7.99. The zero-order chi connectivity index (χ0) is 13.3. The Kier molecular flexibility index (Phi) is 4.20. The largest absolute Gasteiger partial charge is 0.352 e. The lowest BCUT2D eigenvalue weighted by molar-refractivity contribution is -0.139. The lowest BCUT2D eigenvalue weighted by Gasteiger charge is -2.26. The van der Waals surface area contributed by atoms with E-state index >= 15 is 0 Å². The number of hydrogen-bond acceptors (Lipinski definition) is 3. The second-order valence-electron chi connectivity index (χ2n) is 5.64. The van der Waals surface area contributed by atoms with Crippen LogP contribution < -0.4 is 5.32 Å². The van der Waals surface area contributed by atoms with E-state index in [-0.39, 0.29) is 29.8 Å². The van der Waals surface area contributed by atoms with Gasteiger partial charge in [0.2, 0.25) is 11.8 Å². The maximum atomic E-state index is 12.2. The maximum Gasteiger partial charge on any atom is 0.243 e.